The summed E-state index contributed by atoms with van der Waals surface area (Å²) >= 11 is 0. The highest BCUT2D eigenvalue weighted by molar-refractivity contribution is 5.78. The average Bonchev–Trinajstić information content (AvgIpc) is 3.00. The van der Waals surface area contributed by atoms with Gasteiger partial charge in [-0.2, -0.15) is 9.98 Å². The Kier molecular flexibility index (Phi) is 3.62. The molecule has 0 saturated heterocycles. The van der Waals surface area contributed by atoms with Crippen LogP contribution in [0.5, 0.6) is 17.5 Å². The van der Waals surface area contributed by atoms with Crippen molar-refractivity contribution in [2.24, 2.45) is 9.98 Å². The summed E-state index contributed by atoms with van der Waals surface area (Å²) < 4.78 is 6.38. The number of nitrogens with zero attached hydrogens (tertiary/aromatic N) is 3. The van der Waals surface area contributed by atoms with Crippen molar-refractivity contribution in [2.45, 2.75) is 6.54 Å². The molecule has 0 saturated carbocycles. The van der Waals surface area contributed by atoms with Crippen molar-refractivity contribution in [1.29, 1.82) is 0 Å². The summed E-state index contributed by atoms with van der Waals surface area (Å²) in [7, 11) is 1.45. The summed E-state index contributed by atoms with van der Waals surface area (Å²) in [6.07, 6.45) is 0. The van der Waals surface area contributed by atoms with Crippen LogP contribution in [0.3, 0.4) is 0 Å². The highest BCUT2D eigenvalue weighted by atomic mass is 16.5. The van der Waals surface area contributed by atoms with E-state index in [4.69, 9.17) is 9.84 Å². The Morgan fingerprint density at radius 1 is 1.17 bits per heavy atom. The molecule has 1 aromatic carbocycles. The SMILES string of the molecule is COc1cc2c(cc1Nc1cc(O)n(CCO)c1O)=NC(=O)N=2. The van der Waals surface area contributed by atoms with Gasteiger partial charge in [0.05, 0.1) is 36.7 Å². The lowest BCUT2D eigenvalue weighted by atomic mass is 10.2. The number of benzene rings is 1. The molecule has 4 N–H and O–H groups in total. The predicted octanol–water partition coefficient (Wildman–Crippen LogP) is 0.0166. The minimum absolute atomic E-state index is 0.0450. The summed E-state index contributed by atoms with van der Waals surface area (Å²) in [5.74, 6) is -0.0444. The predicted molar refractivity (Wildman–Crippen MR) is 78.8 cm³/mol. The van der Waals surface area contributed by atoms with Gasteiger partial charge >= 0.3 is 6.03 Å². The van der Waals surface area contributed by atoms with E-state index >= 15 is 0 Å². The summed E-state index contributed by atoms with van der Waals surface area (Å²) in [6, 6.07) is 3.83. The summed E-state index contributed by atoms with van der Waals surface area (Å²) in [5.41, 5.74) is 0.659. The molecule has 3 rings (SSSR count). The van der Waals surface area contributed by atoms with E-state index in [1.54, 1.807) is 12.1 Å². The zero-order valence-corrected chi connectivity index (χ0v) is 12.1. The fourth-order valence-corrected chi connectivity index (χ4v) is 2.32. The number of aromatic nitrogens is 1. The van der Waals surface area contributed by atoms with Crippen LogP contribution < -0.4 is 20.8 Å². The first-order chi connectivity index (χ1) is 11.0. The van der Waals surface area contributed by atoms with E-state index in [2.05, 4.69) is 15.3 Å². The molecule has 23 heavy (non-hydrogen) atoms. The van der Waals surface area contributed by atoms with Gasteiger partial charge in [0.2, 0.25) is 5.88 Å². The van der Waals surface area contributed by atoms with E-state index in [-0.39, 0.29) is 30.6 Å². The maximum atomic E-state index is 11.2. The fraction of sp³-hybridized carbons (Fsp3) is 0.214. The molecule has 0 fully saturated rings. The molecular weight excluding hydrogens is 304 g/mol. The minimum Gasteiger partial charge on any atom is -0.494 e. The first-order valence-corrected chi connectivity index (χ1v) is 6.72. The van der Waals surface area contributed by atoms with E-state index in [9.17, 15) is 15.0 Å². The molecule has 2 aromatic rings. The van der Waals surface area contributed by atoms with E-state index in [0.29, 0.717) is 22.2 Å². The highest BCUT2D eigenvalue weighted by Gasteiger charge is 2.16. The standard InChI is InChI=1S/C14H14N4O5/c1-23-11-5-8-7(16-14(22)17-8)4-9(11)15-10-6-12(20)18(2-3-19)13(10)21/h4-6,15,19-21H,2-3H2,1H3. The third kappa shape index (κ3) is 2.57. The molecule has 1 aliphatic rings. The fourth-order valence-electron chi connectivity index (χ4n) is 2.32. The van der Waals surface area contributed by atoms with Gasteiger partial charge in [0, 0.05) is 12.1 Å². The van der Waals surface area contributed by atoms with Crippen LogP contribution in [0, 0.1) is 0 Å². The molecule has 9 nitrogen and oxygen atoms in total. The number of nitrogens with one attached hydrogen (secondary N) is 1. The highest BCUT2D eigenvalue weighted by Crippen LogP contribution is 2.36. The van der Waals surface area contributed by atoms with Crippen LogP contribution >= 0.6 is 0 Å². The van der Waals surface area contributed by atoms with Crippen molar-refractivity contribution < 1.29 is 24.9 Å². The number of aromatic hydroxyl groups is 2. The Hall–Kier alpha value is -3.07. The topological polar surface area (TPSA) is 129 Å². The lowest BCUT2D eigenvalue weighted by Crippen LogP contribution is -2.22. The Morgan fingerprint density at radius 3 is 2.52 bits per heavy atom. The lowest BCUT2D eigenvalue weighted by molar-refractivity contribution is 0.256. The molecule has 2 heterocycles. The number of hydrogen-bond acceptors (Lipinski definition) is 6. The number of carbonyl (C=O) groups is 1. The summed E-state index contributed by atoms with van der Waals surface area (Å²) in [6.45, 7) is -0.191. The Labute approximate surface area is 129 Å². The number of urea groups is 1. The van der Waals surface area contributed by atoms with Gasteiger partial charge in [0.15, 0.2) is 5.88 Å². The zero-order valence-electron chi connectivity index (χ0n) is 12.1. The van der Waals surface area contributed by atoms with Crippen molar-refractivity contribution in [2.75, 3.05) is 19.0 Å². The zero-order chi connectivity index (χ0) is 16.6. The monoisotopic (exact) mass is 318 g/mol. The van der Waals surface area contributed by atoms with Gasteiger partial charge in [-0.3, -0.25) is 4.57 Å². The van der Waals surface area contributed by atoms with Crippen LogP contribution in [0.4, 0.5) is 16.2 Å². The second-order valence-electron chi connectivity index (χ2n) is 4.79. The molecule has 1 aromatic heterocycles. The van der Waals surface area contributed by atoms with Crippen molar-refractivity contribution in [1.82, 2.24) is 4.57 Å². The van der Waals surface area contributed by atoms with Gasteiger partial charge in [-0.15, -0.1) is 0 Å². The molecule has 0 atom stereocenters. The maximum Gasteiger partial charge on any atom is 0.368 e. The number of amides is 2. The number of carbonyl (C=O) groups excluding carboxylic acids is 1. The number of aliphatic hydroxyl groups is 1. The number of fused-ring (bicyclic) bond motifs is 1. The normalized spacial score (nSPS) is 12.5. The number of hydrogen-bond donors (Lipinski definition) is 4. The maximum absolute atomic E-state index is 11.2. The molecule has 120 valence electrons. The van der Waals surface area contributed by atoms with Gasteiger partial charge in [0.1, 0.15) is 11.4 Å². The van der Waals surface area contributed by atoms with Crippen molar-refractivity contribution in [3.05, 3.63) is 28.9 Å². The minimum atomic E-state index is -0.589. The quantitative estimate of drug-likeness (QED) is 0.615. The van der Waals surface area contributed by atoms with Crippen molar-refractivity contribution >= 4 is 17.4 Å². The first-order valence-electron chi connectivity index (χ1n) is 6.72. The first kappa shape index (κ1) is 14.9. The lowest BCUT2D eigenvalue weighted by Gasteiger charge is -2.10. The molecule has 2 amide bonds. The Morgan fingerprint density at radius 2 is 1.87 bits per heavy atom. The number of anilines is 2. The van der Waals surface area contributed by atoms with E-state index in [1.165, 1.54) is 13.2 Å². The largest absolute Gasteiger partial charge is 0.494 e. The number of aliphatic hydroxyl groups excluding tert-OH is 1. The van der Waals surface area contributed by atoms with Crippen molar-refractivity contribution in [3.8, 4) is 17.5 Å². The van der Waals surface area contributed by atoms with Crippen LogP contribution in [-0.4, -0.2) is 39.6 Å². The van der Waals surface area contributed by atoms with E-state index < -0.39 is 6.03 Å². The number of rotatable bonds is 5. The smallest absolute Gasteiger partial charge is 0.368 e. The Bertz CT molecular complexity index is 903. The molecule has 0 spiro atoms. The van der Waals surface area contributed by atoms with Gasteiger partial charge < -0.3 is 25.4 Å². The van der Waals surface area contributed by atoms with Crippen molar-refractivity contribution in [3.63, 3.8) is 0 Å². The molecule has 0 unspecified atom stereocenters. The van der Waals surface area contributed by atoms with E-state index in [0.717, 1.165) is 4.57 Å². The van der Waals surface area contributed by atoms with E-state index in [1.807, 2.05) is 0 Å². The molecule has 0 bridgehead atoms. The molecular formula is C14H14N4O5. The van der Waals surface area contributed by atoms with Crippen LogP contribution in [-0.2, 0) is 6.54 Å². The third-order valence-electron chi connectivity index (χ3n) is 3.37. The van der Waals surface area contributed by atoms with Crippen LogP contribution in [0.1, 0.15) is 0 Å². The van der Waals surface area contributed by atoms with Gasteiger partial charge in [-0.1, -0.05) is 0 Å². The molecule has 1 aliphatic heterocycles. The summed E-state index contributed by atoms with van der Waals surface area (Å²) in [4.78, 5) is 18.7. The second-order valence-corrected chi connectivity index (χ2v) is 4.79. The third-order valence-corrected chi connectivity index (χ3v) is 3.37. The number of ether oxygens (including phenoxy) is 1. The molecule has 0 aliphatic carbocycles. The molecule has 9 heteroatoms. The summed E-state index contributed by atoms with van der Waals surface area (Å²) in [5, 5.41) is 32.5. The van der Waals surface area contributed by atoms with Gasteiger partial charge in [-0.25, -0.2) is 4.79 Å². The van der Waals surface area contributed by atoms with Crippen LogP contribution in [0.2, 0.25) is 0 Å². The van der Waals surface area contributed by atoms with Gasteiger partial charge in [-0.05, 0) is 6.07 Å². The second kappa shape index (κ2) is 5.61. The number of methoxy groups -OCH3 is 1. The Balaban J connectivity index is 2.03. The average molecular weight is 318 g/mol. The molecule has 0 radical (unpaired) electrons. The van der Waals surface area contributed by atoms with Gasteiger partial charge in [0.25, 0.3) is 0 Å². The van der Waals surface area contributed by atoms with Crippen LogP contribution in [0.25, 0.3) is 0 Å². The van der Waals surface area contributed by atoms with Crippen LogP contribution in [0.15, 0.2) is 28.2 Å².